The summed E-state index contributed by atoms with van der Waals surface area (Å²) in [5.41, 5.74) is 0.000490. The Hall–Kier alpha value is -1.49. The largest absolute Gasteiger partial charge is 0.305 e. The SMILES string of the molecule is CC1(C)CCCN1Cc1cccc([N+](=O)[O-])c1F. The summed E-state index contributed by atoms with van der Waals surface area (Å²) in [7, 11) is 0. The van der Waals surface area contributed by atoms with Crippen molar-refractivity contribution in [1.82, 2.24) is 4.90 Å². The van der Waals surface area contributed by atoms with E-state index in [1.54, 1.807) is 12.1 Å². The van der Waals surface area contributed by atoms with Gasteiger partial charge in [0.2, 0.25) is 5.82 Å². The molecule has 0 saturated carbocycles. The molecule has 1 heterocycles. The highest BCUT2D eigenvalue weighted by Crippen LogP contribution is 2.31. The average molecular weight is 252 g/mol. The first-order valence-electron chi connectivity index (χ1n) is 6.08. The Morgan fingerprint density at radius 2 is 2.22 bits per heavy atom. The van der Waals surface area contributed by atoms with Crippen LogP contribution >= 0.6 is 0 Å². The number of likely N-dealkylation sites (tertiary alicyclic amines) is 1. The molecule has 4 nitrogen and oxygen atoms in total. The minimum absolute atomic E-state index is 0.0388. The number of rotatable bonds is 3. The van der Waals surface area contributed by atoms with Gasteiger partial charge in [0.25, 0.3) is 0 Å². The summed E-state index contributed by atoms with van der Waals surface area (Å²) in [6, 6.07) is 4.37. The molecule has 1 aliphatic rings. The highest BCUT2D eigenvalue weighted by molar-refractivity contribution is 5.36. The second-order valence-electron chi connectivity index (χ2n) is 5.34. The minimum Gasteiger partial charge on any atom is -0.294 e. The Kier molecular flexibility index (Phi) is 3.34. The molecule has 0 N–H and O–H groups in total. The fourth-order valence-corrected chi connectivity index (χ4v) is 2.49. The first-order chi connectivity index (χ1) is 8.42. The van der Waals surface area contributed by atoms with E-state index in [1.807, 2.05) is 0 Å². The molecule has 0 bridgehead atoms. The van der Waals surface area contributed by atoms with Crippen LogP contribution in [0.15, 0.2) is 18.2 Å². The predicted molar refractivity (Wildman–Crippen MR) is 66.8 cm³/mol. The molecule has 18 heavy (non-hydrogen) atoms. The Morgan fingerprint density at radius 1 is 1.50 bits per heavy atom. The smallest absolute Gasteiger partial charge is 0.294 e. The van der Waals surface area contributed by atoms with Crippen molar-refractivity contribution >= 4 is 5.69 Å². The van der Waals surface area contributed by atoms with E-state index in [2.05, 4.69) is 18.7 Å². The van der Waals surface area contributed by atoms with Gasteiger partial charge in [-0.25, -0.2) is 0 Å². The lowest BCUT2D eigenvalue weighted by molar-refractivity contribution is -0.387. The number of nitro groups is 1. The van der Waals surface area contributed by atoms with E-state index in [1.165, 1.54) is 6.07 Å². The second-order valence-corrected chi connectivity index (χ2v) is 5.34. The lowest BCUT2D eigenvalue weighted by atomic mass is 10.0. The van der Waals surface area contributed by atoms with E-state index in [4.69, 9.17) is 0 Å². The molecule has 1 aromatic carbocycles. The van der Waals surface area contributed by atoms with Gasteiger partial charge in [0.15, 0.2) is 0 Å². The van der Waals surface area contributed by atoms with E-state index in [0.717, 1.165) is 19.4 Å². The van der Waals surface area contributed by atoms with Crippen LogP contribution in [0.25, 0.3) is 0 Å². The van der Waals surface area contributed by atoms with Crippen LogP contribution in [0.5, 0.6) is 0 Å². The molecule has 2 rings (SSSR count). The molecule has 0 spiro atoms. The summed E-state index contributed by atoms with van der Waals surface area (Å²) in [5.74, 6) is -0.704. The molecular formula is C13H17FN2O2. The van der Waals surface area contributed by atoms with Crippen molar-refractivity contribution < 1.29 is 9.31 Å². The van der Waals surface area contributed by atoms with Crippen LogP contribution in [0.1, 0.15) is 32.3 Å². The predicted octanol–water partition coefficient (Wildman–Crippen LogP) is 3.11. The molecule has 1 aromatic rings. The number of hydrogen-bond acceptors (Lipinski definition) is 3. The minimum atomic E-state index is -0.704. The summed E-state index contributed by atoms with van der Waals surface area (Å²) in [6.45, 7) is 5.58. The number of nitrogens with zero attached hydrogens (tertiary/aromatic N) is 2. The van der Waals surface area contributed by atoms with E-state index in [9.17, 15) is 14.5 Å². The monoisotopic (exact) mass is 252 g/mol. The zero-order valence-electron chi connectivity index (χ0n) is 10.6. The standard InChI is InChI=1S/C13H17FN2O2/c1-13(2)7-4-8-15(13)9-10-5-3-6-11(12(10)14)16(17)18/h3,5-6H,4,7-9H2,1-2H3. The molecule has 0 aromatic heterocycles. The van der Waals surface area contributed by atoms with Crippen LogP contribution in [0.2, 0.25) is 0 Å². The number of hydrogen-bond donors (Lipinski definition) is 0. The van der Waals surface area contributed by atoms with E-state index < -0.39 is 16.4 Å². The van der Waals surface area contributed by atoms with Gasteiger partial charge in [-0.2, -0.15) is 4.39 Å². The maximum Gasteiger partial charge on any atom is 0.305 e. The Morgan fingerprint density at radius 3 is 2.78 bits per heavy atom. The second kappa shape index (κ2) is 4.65. The zero-order chi connectivity index (χ0) is 13.3. The summed E-state index contributed by atoms with van der Waals surface area (Å²) in [5, 5.41) is 10.7. The highest BCUT2D eigenvalue weighted by atomic mass is 19.1. The van der Waals surface area contributed by atoms with Crippen LogP contribution < -0.4 is 0 Å². The van der Waals surface area contributed by atoms with Crippen molar-refractivity contribution in [3.8, 4) is 0 Å². The summed E-state index contributed by atoms with van der Waals surface area (Å²) >= 11 is 0. The van der Waals surface area contributed by atoms with Crippen LogP contribution in [0.4, 0.5) is 10.1 Å². The maximum absolute atomic E-state index is 14.0. The zero-order valence-corrected chi connectivity index (χ0v) is 10.6. The Bertz CT molecular complexity index is 474. The number of halogens is 1. The van der Waals surface area contributed by atoms with Crippen LogP contribution in [-0.2, 0) is 6.54 Å². The Balaban J connectivity index is 2.25. The Labute approximate surface area is 106 Å². The van der Waals surface area contributed by atoms with Gasteiger partial charge >= 0.3 is 5.69 Å². The molecule has 1 saturated heterocycles. The molecule has 0 amide bonds. The number of benzene rings is 1. The molecule has 1 aliphatic heterocycles. The van der Waals surface area contributed by atoms with Crippen molar-refractivity contribution in [2.75, 3.05) is 6.54 Å². The van der Waals surface area contributed by atoms with E-state index in [0.29, 0.717) is 12.1 Å². The molecule has 98 valence electrons. The van der Waals surface area contributed by atoms with Gasteiger partial charge in [0, 0.05) is 23.7 Å². The lowest BCUT2D eigenvalue weighted by Crippen LogP contribution is -2.37. The number of nitro benzene ring substituents is 1. The van der Waals surface area contributed by atoms with Crippen LogP contribution in [0.3, 0.4) is 0 Å². The normalized spacial score (nSPS) is 19.1. The summed E-state index contributed by atoms with van der Waals surface area (Å²) in [6.07, 6.45) is 2.16. The van der Waals surface area contributed by atoms with Gasteiger partial charge in [-0.1, -0.05) is 12.1 Å². The van der Waals surface area contributed by atoms with Gasteiger partial charge in [-0.15, -0.1) is 0 Å². The van der Waals surface area contributed by atoms with Gasteiger partial charge in [-0.05, 0) is 33.2 Å². The average Bonchev–Trinajstić information content (AvgIpc) is 2.61. The van der Waals surface area contributed by atoms with Crippen molar-refractivity contribution in [2.24, 2.45) is 0 Å². The topological polar surface area (TPSA) is 46.4 Å². The molecule has 5 heteroatoms. The fraction of sp³-hybridized carbons (Fsp3) is 0.538. The van der Waals surface area contributed by atoms with Crippen molar-refractivity contribution in [2.45, 2.75) is 38.8 Å². The molecule has 1 fully saturated rings. The molecule has 0 radical (unpaired) electrons. The van der Waals surface area contributed by atoms with Gasteiger partial charge in [0.1, 0.15) is 0 Å². The maximum atomic E-state index is 14.0. The third kappa shape index (κ3) is 2.36. The van der Waals surface area contributed by atoms with Gasteiger partial charge < -0.3 is 0 Å². The first kappa shape index (κ1) is 13.0. The summed E-state index contributed by atoms with van der Waals surface area (Å²) < 4.78 is 14.0. The third-order valence-corrected chi connectivity index (χ3v) is 3.69. The summed E-state index contributed by atoms with van der Waals surface area (Å²) in [4.78, 5) is 12.2. The van der Waals surface area contributed by atoms with E-state index in [-0.39, 0.29) is 5.54 Å². The lowest BCUT2D eigenvalue weighted by Gasteiger charge is -2.31. The first-order valence-corrected chi connectivity index (χ1v) is 6.08. The van der Waals surface area contributed by atoms with Gasteiger partial charge in [0.05, 0.1) is 4.92 Å². The van der Waals surface area contributed by atoms with Crippen LogP contribution in [0, 0.1) is 15.9 Å². The molecular weight excluding hydrogens is 235 g/mol. The molecule has 0 atom stereocenters. The van der Waals surface area contributed by atoms with Crippen molar-refractivity contribution in [3.63, 3.8) is 0 Å². The van der Waals surface area contributed by atoms with Crippen LogP contribution in [-0.4, -0.2) is 21.9 Å². The molecule has 0 unspecified atom stereocenters. The van der Waals surface area contributed by atoms with E-state index >= 15 is 0 Å². The van der Waals surface area contributed by atoms with Crippen molar-refractivity contribution in [3.05, 3.63) is 39.7 Å². The fourth-order valence-electron chi connectivity index (χ4n) is 2.49. The highest BCUT2D eigenvalue weighted by Gasteiger charge is 2.32. The quantitative estimate of drug-likeness (QED) is 0.613. The molecule has 0 aliphatic carbocycles. The van der Waals surface area contributed by atoms with Gasteiger partial charge in [-0.3, -0.25) is 15.0 Å². The third-order valence-electron chi connectivity index (χ3n) is 3.69. The van der Waals surface area contributed by atoms with Crippen molar-refractivity contribution in [1.29, 1.82) is 0 Å².